The van der Waals surface area contributed by atoms with Gasteiger partial charge in [0.2, 0.25) is 5.91 Å². The number of carbonyl (C=O) groups excluding carboxylic acids is 2. The highest BCUT2D eigenvalue weighted by molar-refractivity contribution is 5.77. The Labute approximate surface area is 128 Å². The van der Waals surface area contributed by atoms with Gasteiger partial charge in [0.1, 0.15) is 12.4 Å². The predicted molar refractivity (Wildman–Crippen MR) is 78.9 cm³/mol. The molecule has 1 aromatic rings. The largest absolute Gasteiger partial charge is 0.504 e. The van der Waals surface area contributed by atoms with Gasteiger partial charge in [-0.2, -0.15) is 0 Å². The lowest BCUT2D eigenvalue weighted by atomic mass is 9.98. The predicted octanol–water partition coefficient (Wildman–Crippen LogP) is 0.524. The van der Waals surface area contributed by atoms with E-state index in [0.29, 0.717) is 6.29 Å². The van der Waals surface area contributed by atoms with Gasteiger partial charge >= 0.3 is 0 Å². The summed E-state index contributed by atoms with van der Waals surface area (Å²) in [5, 5.41) is 32.7. The van der Waals surface area contributed by atoms with Crippen molar-refractivity contribution in [2.75, 3.05) is 13.2 Å². The molecule has 7 nitrogen and oxygen atoms in total. The molecule has 22 heavy (non-hydrogen) atoms. The van der Waals surface area contributed by atoms with Crippen LogP contribution in [0.3, 0.4) is 0 Å². The normalized spacial score (nSPS) is 13.3. The Bertz CT molecular complexity index is 531. The smallest absolute Gasteiger partial charge is 0.216 e. The number of aldehydes is 1. The quantitative estimate of drug-likeness (QED) is 0.520. The molecular formula is C15H21NO6. The molecule has 1 aromatic carbocycles. The van der Waals surface area contributed by atoms with Crippen LogP contribution in [0.25, 0.3) is 0 Å². The van der Waals surface area contributed by atoms with Gasteiger partial charge in [-0.1, -0.05) is 0 Å². The second-order valence-corrected chi connectivity index (χ2v) is 4.79. The maximum absolute atomic E-state index is 10.9. The zero-order chi connectivity index (χ0) is 16.7. The van der Waals surface area contributed by atoms with Crippen LogP contribution in [-0.2, 0) is 4.79 Å². The van der Waals surface area contributed by atoms with Gasteiger partial charge in [0.05, 0.1) is 12.7 Å². The number of aliphatic hydroxyl groups is 2. The number of aliphatic hydroxyl groups excluding tert-OH is 2. The van der Waals surface area contributed by atoms with Crippen LogP contribution in [0.5, 0.6) is 11.5 Å². The van der Waals surface area contributed by atoms with Crippen molar-refractivity contribution < 1.29 is 29.6 Å². The number of hydrogen-bond acceptors (Lipinski definition) is 6. The minimum atomic E-state index is -1.41. The summed E-state index contributed by atoms with van der Waals surface area (Å²) in [6, 6.07) is 2.64. The molecule has 0 aliphatic carbocycles. The molecular weight excluding hydrogens is 290 g/mol. The summed E-state index contributed by atoms with van der Waals surface area (Å²) in [7, 11) is 0. The fourth-order valence-corrected chi connectivity index (χ4v) is 1.97. The van der Waals surface area contributed by atoms with Crippen molar-refractivity contribution in [1.29, 1.82) is 0 Å². The average Bonchev–Trinajstić information content (AvgIpc) is 2.48. The summed E-state index contributed by atoms with van der Waals surface area (Å²) in [4.78, 5) is 21.7. The van der Waals surface area contributed by atoms with Crippen molar-refractivity contribution in [3.8, 4) is 11.5 Å². The first kappa shape index (κ1) is 17.9. The Morgan fingerprint density at radius 2 is 2.09 bits per heavy atom. The molecule has 0 heterocycles. The van der Waals surface area contributed by atoms with E-state index in [0.717, 1.165) is 0 Å². The number of nitrogens with one attached hydrogen (secondary N) is 1. The van der Waals surface area contributed by atoms with E-state index in [9.17, 15) is 24.9 Å². The summed E-state index contributed by atoms with van der Waals surface area (Å²) in [6.07, 6.45) is -1.97. The summed E-state index contributed by atoms with van der Waals surface area (Å²) in [5.74, 6) is -0.500. The van der Waals surface area contributed by atoms with Crippen LogP contribution in [0.2, 0.25) is 0 Å². The van der Waals surface area contributed by atoms with E-state index in [1.54, 1.807) is 6.92 Å². The molecule has 0 radical (unpaired) electrons. The van der Waals surface area contributed by atoms with Crippen molar-refractivity contribution >= 4 is 12.2 Å². The minimum absolute atomic E-state index is 0.00313. The highest BCUT2D eigenvalue weighted by atomic mass is 16.5. The second kappa shape index (κ2) is 8.35. The molecule has 7 heteroatoms. The molecule has 0 saturated carbocycles. The first-order valence-electron chi connectivity index (χ1n) is 6.96. The number of phenolic OH excluding ortho intramolecular Hbond substituents is 1. The van der Waals surface area contributed by atoms with E-state index in [-0.39, 0.29) is 48.1 Å². The molecule has 1 amide bonds. The van der Waals surface area contributed by atoms with Crippen LogP contribution in [0.15, 0.2) is 12.1 Å². The second-order valence-electron chi connectivity index (χ2n) is 4.79. The third kappa shape index (κ3) is 4.71. The van der Waals surface area contributed by atoms with Gasteiger partial charge in [-0.15, -0.1) is 0 Å². The number of benzene rings is 1. The Hall–Kier alpha value is -2.12. The summed E-state index contributed by atoms with van der Waals surface area (Å²) < 4.78 is 5.20. The molecule has 0 aliphatic rings. The van der Waals surface area contributed by atoms with Gasteiger partial charge in [0.15, 0.2) is 11.5 Å². The molecule has 0 bridgehead atoms. The van der Waals surface area contributed by atoms with E-state index in [4.69, 9.17) is 4.74 Å². The maximum atomic E-state index is 10.9. The van der Waals surface area contributed by atoms with E-state index >= 15 is 0 Å². The van der Waals surface area contributed by atoms with Gasteiger partial charge in [-0.3, -0.25) is 9.59 Å². The lowest BCUT2D eigenvalue weighted by Crippen LogP contribution is -2.27. The highest BCUT2D eigenvalue weighted by Gasteiger charge is 2.24. The highest BCUT2D eigenvalue weighted by Crippen LogP contribution is 2.36. The molecule has 122 valence electrons. The van der Waals surface area contributed by atoms with Gasteiger partial charge in [0, 0.05) is 24.6 Å². The van der Waals surface area contributed by atoms with E-state index in [2.05, 4.69) is 5.32 Å². The number of amides is 1. The third-order valence-electron chi connectivity index (χ3n) is 3.06. The standard InChI is InChI=1S/C15H21NO6/c1-3-22-13-7-10(8-17)6-11(15(13)21)14(20)12(19)4-5-16-9(2)18/h6-8,12,14,19-21H,3-5H2,1-2H3,(H,16,18). The van der Waals surface area contributed by atoms with Crippen LogP contribution >= 0.6 is 0 Å². The SMILES string of the molecule is CCOc1cc(C=O)cc(C(O)C(O)CCNC(C)=O)c1O. The van der Waals surface area contributed by atoms with Gasteiger partial charge < -0.3 is 25.4 Å². The van der Waals surface area contributed by atoms with Crippen LogP contribution in [0, 0.1) is 0 Å². The molecule has 1 rings (SSSR count). The number of aromatic hydroxyl groups is 1. The molecule has 0 spiro atoms. The molecule has 4 N–H and O–H groups in total. The lowest BCUT2D eigenvalue weighted by Gasteiger charge is -2.21. The number of ether oxygens (including phenoxy) is 1. The Morgan fingerprint density at radius 1 is 1.41 bits per heavy atom. The average molecular weight is 311 g/mol. The van der Waals surface area contributed by atoms with E-state index < -0.39 is 12.2 Å². The number of hydrogen-bond donors (Lipinski definition) is 4. The Morgan fingerprint density at radius 3 is 2.64 bits per heavy atom. The number of phenols is 1. The zero-order valence-corrected chi connectivity index (χ0v) is 12.6. The van der Waals surface area contributed by atoms with Crippen molar-refractivity contribution in [2.24, 2.45) is 0 Å². The molecule has 0 fully saturated rings. The Kier molecular flexibility index (Phi) is 6.81. The van der Waals surface area contributed by atoms with Gasteiger partial charge in [-0.05, 0) is 25.5 Å². The maximum Gasteiger partial charge on any atom is 0.216 e. The minimum Gasteiger partial charge on any atom is -0.504 e. The number of rotatable bonds is 8. The van der Waals surface area contributed by atoms with Crippen molar-refractivity contribution in [3.05, 3.63) is 23.3 Å². The van der Waals surface area contributed by atoms with Crippen molar-refractivity contribution in [1.82, 2.24) is 5.32 Å². The third-order valence-corrected chi connectivity index (χ3v) is 3.06. The first-order valence-corrected chi connectivity index (χ1v) is 6.96. The molecule has 2 atom stereocenters. The molecule has 0 aliphatic heterocycles. The van der Waals surface area contributed by atoms with Gasteiger partial charge in [0.25, 0.3) is 0 Å². The van der Waals surface area contributed by atoms with Crippen LogP contribution in [-0.4, -0.2) is 46.8 Å². The summed E-state index contributed by atoms with van der Waals surface area (Å²) >= 11 is 0. The number of carbonyl (C=O) groups is 2. The molecule has 0 saturated heterocycles. The van der Waals surface area contributed by atoms with E-state index in [1.807, 2.05) is 0 Å². The first-order chi connectivity index (χ1) is 10.4. The lowest BCUT2D eigenvalue weighted by molar-refractivity contribution is -0.119. The topological polar surface area (TPSA) is 116 Å². The van der Waals surface area contributed by atoms with Crippen molar-refractivity contribution in [2.45, 2.75) is 32.5 Å². The zero-order valence-electron chi connectivity index (χ0n) is 12.6. The van der Waals surface area contributed by atoms with Crippen molar-refractivity contribution in [3.63, 3.8) is 0 Å². The van der Waals surface area contributed by atoms with Crippen LogP contribution in [0.1, 0.15) is 42.3 Å². The van der Waals surface area contributed by atoms with Gasteiger partial charge in [-0.25, -0.2) is 0 Å². The molecule has 0 aromatic heterocycles. The molecule has 2 unspecified atom stereocenters. The van der Waals surface area contributed by atoms with Crippen LogP contribution in [0.4, 0.5) is 0 Å². The Balaban J connectivity index is 2.95. The monoisotopic (exact) mass is 311 g/mol. The summed E-state index contributed by atoms with van der Waals surface area (Å²) in [6.45, 7) is 3.51. The summed E-state index contributed by atoms with van der Waals surface area (Å²) in [5.41, 5.74) is 0.215. The van der Waals surface area contributed by atoms with E-state index in [1.165, 1.54) is 19.1 Å². The fraction of sp³-hybridized carbons (Fsp3) is 0.467. The van der Waals surface area contributed by atoms with Crippen LogP contribution < -0.4 is 10.1 Å². The fourth-order valence-electron chi connectivity index (χ4n) is 1.97.